The van der Waals surface area contributed by atoms with E-state index in [-0.39, 0.29) is 6.04 Å². The fourth-order valence-corrected chi connectivity index (χ4v) is 2.19. The molecule has 0 bridgehead atoms. The molecule has 1 aromatic carbocycles. The normalized spacial score (nSPS) is 12.0. The Bertz CT molecular complexity index is 545. The highest BCUT2D eigenvalue weighted by Crippen LogP contribution is 2.34. The smallest absolute Gasteiger partial charge is 0.127 e. The van der Waals surface area contributed by atoms with Crippen molar-refractivity contribution in [3.63, 3.8) is 0 Å². The summed E-state index contributed by atoms with van der Waals surface area (Å²) in [6.45, 7) is 2.01. The van der Waals surface area contributed by atoms with Crippen molar-refractivity contribution in [2.24, 2.45) is 5.73 Å². The zero-order valence-corrected chi connectivity index (χ0v) is 12.1. The zero-order chi connectivity index (χ0) is 14.5. The predicted molar refractivity (Wildman–Crippen MR) is 79.2 cm³/mol. The molecule has 0 amide bonds. The summed E-state index contributed by atoms with van der Waals surface area (Å²) in [7, 11) is 3.27. The van der Waals surface area contributed by atoms with Gasteiger partial charge in [-0.1, -0.05) is 12.1 Å². The van der Waals surface area contributed by atoms with E-state index in [2.05, 4.69) is 4.98 Å². The van der Waals surface area contributed by atoms with Crippen molar-refractivity contribution < 1.29 is 9.47 Å². The van der Waals surface area contributed by atoms with Crippen molar-refractivity contribution in [3.8, 4) is 11.5 Å². The van der Waals surface area contributed by atoms with Gasteiger partial charge in [0.05, 0.1) is 19.8 Å². The number of nitrogens with two attached hydrogens (primary N) is 1. The lowest BCUT2D eigenvalue weighted by molar-refractivity contribution is 0.378. The lowest BCUT2D eigenvalue weighted by Gasteiger charge is -2.18. The minimum absolute atomic E-state index is 0.226. The fourth-order valence-electron chi connectivity index (χ4n) is 2.19. The molecular formula is C16H20N2O2. The van der Waals surface area contributed by atoms with Gasteiger partial charge >= 0.3 is 0 Å². The average Bonchev–Trinajstić information content (AvgIpc) is 2.48. The number of ether oxygens (including phenoxy) is 2. The van der Waals surface area contributed by atoms with Crippen LogP contribution >= 0.6 is 0 Å². The van der Waals surface area contributed by atoms with Gasteiger partial charge in [0, 0.05) is 24.4 Å². The molecule has 0 fully saturated rings. The van der Waals surface area contributed by atoms with Gasteiger partial charge in [-0.15, -0.1) is 0 Å². The van der Waals surface area contributed by atoms with Crippen LogP contribution < -0.4 is 15.2 Å². The van der Waals surface area contributed by atoms with Crippen molar-refractivity contribution in [3.05, 3.63) is 53.3 Å². The number of hydrogen-bond acceptors (Lipinski definition) is 4. The first kappa shape index (κ1) is 14.3. The monoisotopic (exact) mass is 272 g/mol. The number of methoxy groups -OCH3 is 2. The van der Waals surface area contributed by atoms with Crippen LogP contribution in [0, 0.1) is 6.92 Å². The molecule has 2 aromatic rings. The van der Waals surface area contributed by atoms with E-state index < -0.39 is 0 Å². The van der Waals surface area contributed by atoms with E-state index in [0.29, 0.717) is 6.42 Å². The van der Waals surface area contributed by atoms with Crippen LogP contribution in [0.15, 0.2) is 36.5 Å². The maximum atomic E-state index is 6.32. The van der Waals surface area contributed by atoms with Crippen molar-refractivity contribution >= 4 is 0 Å². The number of rotatable bonds is 5. The van der Waals surface area contributed by atoms with E-state index in [9.17, 15) is 0 Å². The summed E-state index contributed by atoms with van der Waals surface area (Å²) in [6.07, 6.45) is 2.48. The number of aryl methyl sites for hydroxylation is 1. The Morgan fingerprint density at radius 3 is 2.25 bits per heavy atom. The number of nitrogens with zero attached hydrogens (tertiary/aromatic N) is 1. The second-order valence-electron chi connectivity index (χ2n) is 4.71. The van der Waals surface area contributed by atoms with Gasteiger partial charge in [-0.2, -0.15) is 0 Å². The van der Waals surface area contributed by atoms with Crippen LogP contribution in [0.3, 0.4) is 0 Å². The highest BCUT2D eigenvalue weighted by Gasteiger charge is 2.18. The number of pyridine rings is 1. The Morgan fingerprint density at radius 1 is 1.10 bits per heavy atom. The van der Waals surface area contributed by atoms with E-state index >= 15 is 0 Å². The Kier molecular flexibility index (Phi) is 4.58. The predicted octanol–water partition coefficient (Wildman–Crippen LogP) is 2.65. The van der Waals surface area contributed by atoms with Gasteiger partial charge in [-0.3, -0.25) is 4.98 Å². The topological polar surface area (TPSA) is 57.4 Å². The fraction of sp³-hybridized carbons (Fsp3) is 0.312. The molecule has 4 heteroatoms. The highest BCUT2D eigenvalue weighted by atomic mass is 16.5. The Balaban J connectivity index is 2.28. The number of benzene rings is 1. The molecule has 20 heavy (non-hydrogen) atoms. The highest BCUT2D eigenvalue weighted by molar-refractivity contribution is 5.47. The molecule has 2 rings (SSSR count). The van der Waals surface area contributed by atoms with Gasteiger partial charge in [0.15, 0.2) is 0 Å². The third-order valence-electron chi connectivity index (χ3n) is 3.24. The molecule has 0 radical (unpaired) electrons. The molecule has 2 N–H and O–H groups in total. The first-order valence-corrected chi connectivity index (χ1v) is 6.53. The Morgan fingerprint density at radius 2 is 1.75 bits per heavy atom. The van der Waals surface area contributed by atoms with Gasteiger partial charge < -0.3 is 15.2 Å². The maximum Gasteiger partial charge on any atom is 0.127 e. The third kappa shape index (κ3) is 3.08. The van der Waals surface area contributed by atoms with Gasteiger partial charge in [0.25, 0.3) is 0 Å². The number of aromatic nitrogens is 1. The lowest BCUT2D eigenvalue weighted by atomic mass is 10.00. The van der Waals surface area contributed by atoms with Gasteiger partial charge in [-0.05, 0) is 30.7 Å². The lowest BCUT2D eigenvalue weighted by Crippen LogP contribution is -2.16. The SMILES string of the molecule is COc1cccc(OC)c1C(N)Cc1ccc(C)cn1. The minimum atomic E-state index is -0.226. The van der Waals surface area contributed by atoms with Crippen molar-refractivity contribution in [2.45, 2.75) is 19.4 Å². The summed E-state index contributed by atoms with van der Waals surface area (Å²) in [5, 5.41) is 0. The summed E-state index contributed by atoms with van der Waals surface area (Å²) in [6, 6.07) is 9.47. The quantitative estimate of drug-likeness (QED) is 0.909. The van der Waals surface area contributed by atoms with Crippen LogP contribution in [0.1, 0.15) is 22.9 Å². The molecule has 0 saturated carbocycles. The molecule has 0 aliphatic heterocycles. The molecule has 0 spiro atoms. The second kappa shape index (κ2) is 6.39. The molecule has 1 atom stereocenters. The van der Waals surface area contributed by atoms with Crippen molar-refractivity contribution in [1.82, 2.24) is 4.98 Å². The van der Waals surface area contributed by atoms with E-state index in [1.807, 2.05) is 43.5 Å². The van der Waals surface area contributed by atoms with Crippen LogP contribution in [0.2, 0.25) is 0 Å². The van der Waals surface area contributed by atoms with E-state index in [1.54, 1.807) is 14.2 Å². The largest absolute Gasteiger partial charge is 0.496 e. The Labute approximate surface area is 119 Å². The average molecular weight is 272 g/mol. The van der Waals surface area contributed by atoms with Crippen molar-refractivity contribution in [1.29, 1.82) is 0 Å². The molecule has 0 saturated heterocycles. The third-order valence-corrected chi connectivity index (χ3v) is 3.24. The van der Waals surface area contributed by atoms with E-state index in [4.69, 9.17) is 15.2 Å². The molecule has 1 unspecified atom stereocenters. The van der Waals surface area contributed by atoms with Crippen LogP contribution in [0.5, 0.6) is 11.5 Å². The maximum absolute atomic E-state index is 6.32. The van der Waals surface area contributed by atoms with Crippen LogP contribution in [0.4, 0.5) is 0 Å². The van der Waals surface area contributed by atoms with Crippen molar-refractivity contribution in [2.75, 3.05) is 14.2 Å². The molecular weight excluding hydrogens is 252 g/mol. The van der Waals surface area contributed by atoms with Gasteiger partial charge in [0.2, 0.25) is 0 Å². The van der Waals surface area contributed by atoms with Gasteiger partial charge in [-0.25, -0.2) is 0 Å². The summed E-state index contributed by atoms with van der Waals surface area (Å²) >= 11 is 0. The number of hydrogen-bond donors (Lipinski definition) is 1. The standard InChI is InChI=1S/C16H20N2O2/c1-11-7-8-12(18-10-11)9-13(17)16-14(19-2)5-4-6-15(16)20-3/h4-8,10,13H,9,17H2,1-3H3. The summed E-state index contributed by atoms with van der Waals surface area (Å²) < 4.78 is 10.8. The molecule has 1 heterocycles. The molecule has 1 aromatic heterocycles. The second-order valence-corrected chi connectivity index (χ2v) is 4.71. The molecule has 0 aliphatic rings. The molecule has 106 valence electrons. The zero-order valence-electron chi connectivity index (χ0n) is 12.1. The van der Waals surface area contributed by atoms with Gasteiger partial charge in [0.1, 0.15) is 11.5 Å². The van der Waals surface area contributed by atoms with Crippen LogP contribution in [-0.4, -0.2) is 19.2 Å². The summed E-state index contributed by atoms with van der Waals surface area (Å²) in [5.41, 5.74) is 9.28. The summed E-state index contributed by atoms with van der Waals surface area (Å²) in [5.74, 6) is 1.48. The first-order chi connectivity index (χ1) is 9.65. The first-order valence-electron chi connectivity index (χ1n) is 6.53. The van der Waals surface area contributed by atoms with E-state index in [0.717, 1.165) is 28.3 Å². The minimum Gasteiger partial charge on any atom is -0.496 e. The van der Waals surface area contributed by atoms with Crippen LogP contribution in [0.25, 0.3) is 0 Å². The van der Waals surface area contributed by atoms with Crippen LogP contribution in [-0.2, 0) is 6.42 Å². The molecule has 4 nitrogen and oxygen atoms in total. The summed E-state index contributed by atoms with van der Waals surface area (Å²) in [4.78, 5) is 4.39. The molecule has 0 aliphatic carbocycles. The Hall–Kier alpha value is -2.07. The van der Waals surface area contributed by atoms with E-state index in [1.165, 1.54) is 0 Å².